The first-order valence-electron chi connectivity index (χ1n) is 5.43. The zero-order valence-corrected chi connectivity index (χ0v) is 11.3. The zero-order valence-electron chi connectivity index (χ0n) is 10.5. The quantitative estimate of drug-likeness (QED) is 0.866. The molecule has 0 aliphatic heterocycles. The van der Waals surface area contributed by atoms with E-state index in [4.69, 9.17) is 5.73 Å². The van der Waals surface area contributed by atoms with Gasteiger partial charge in [-0.15, -0.1) is 0 Å². The number of hydrogen-bond donors (Lipinski definition) is 1. The van der Waals surface area contributed by atoms with Gasteiger partial charge in [-0.2, -0.15) is 13.2 Å². The van der Waals surface area contributed by atoms with Crippen molar-refractivity contribution in [3.63, 3.8) is 0 Å². The van der Waals surface area contributed by atoms with E-state index in [1.807, 2.05) is 0 Å². The number of aryl methyl sites for hydroxylation is 1. The SMILES string of the molecule is Cc1ccc(S(=O)(=O)N(C)CCC(F)(F)F)cc1N. The van der Waals surface area contributed by atoms with Crippen molar-refractivity contribution in [2.75, 3.05) is 19.3 Å². The number of anilines is 1. The minimum absolute atomic E-state index is 0.111. The van der Waals surface area contributed by atoms with E-state index in [1.165, 1.54) is 18.2 Å². The fraction of sp³-hybridized carbons (Fsp3) is 0.455. The molecule has 0 amide bonds. The van der Waals surface area contributed by atoms with E-state index in [2.05, 4.69) is 0 Å². The number of halogens is 3. The third-order valence-corrected chi connectivity index (χ3v) is 4.52. The molecular formula is C11H15F3N2O2S. The van der Waals surface area contributed by atoms with Crippen molar-refractivity contribution in [2.24, 2.45) is 0 Å². The van der Waals surface area contributed by atoms with E-state index >= 15 is 0 Å². The number of nitrogen functional groups attached to an aromatic ring is 1. The van der Waals surface area contributed by atoms with Gasteiger partial charge in [-0.1, -0.05) is 6.07 Å². The van der Waals surface area contributed by atoms with Gasteiger partial charge in [0.25, 0.3) is 0 Å². The molecule has 108 valence electrons. The Balaban J connectivity index is 2.94. The molecule has 0 radical (unpaired) electrons. The molecule has 0 bridgehead atoms. The third kappa shape index (κ3) is 4.10. The van der Waals surface area contributed by atoms with Gasteiger partial charge in [-0.3, -0.25) is 0 Å². The summed E-state index contributed by atoms with van der Waals surface area (Å²) < 4.78 is 60.9. The molecule has 0 fully saturated rings. The van der Waals surface area contributed by atoms with Crippen molar-refractivity contribution in [1.29, 1.82) is 0 Å². The molecular weight excluding hydrogens is 281 g/mol. The van der Waals surface area contributed by atoms with E-state index in [-0.39, 0.29) is 10.6 Å². The lowest BCUT2D eigenvalue weighted by Crippen LogP contribution is -2.30. The van der Waals surface area contributed by atoms with Crippen LogP contribution in [0, 0.1) is 6.92 Å². The van der Waals surface area contributed by atoms with Gasteiger partial charge in [0.1, 0.15) is 0 Å². The number of hydrogen-bond acceptors (Lipinski definition) is 3. The van der Waals surface area contributed by atoms with Crippen molar-refractivity contribution >= 4 is 15.7 Å². The second kappa shape index (κ2) is 5.38. The Morgan fingerprint density at radius 3 is 2.37 bits per heavy atom. The molecule has 0 saturated heterocycles. The normalized spacial score (nSPS) is 12.9. The maximum atomic E-state index is 12.1. The number of nitrogens with two attached hydrogens (primary N) is 1. The molecule has 19 heavy (non-hydrogen) atoms. The summed E-state index contributed by atoms with van der Waals surface area (Å²) in [4.78, 5) is -0.111. The van der Waals surface area contributed by atoms with E-state index in [0.29, 0.717) is 9.87 Å². The van der Waals surface area contributed by atoms with E-state index in [9.17, 15) is 21.6 Å². The van der Waals surface area contributed by atoms with Crippen LogP contribution in [0.5, 0.6) is 0 Å². The molecule has 1 rings (SSSR count). The highest BCUT2D eigenvalue weighted by atomic mass is 32.2. The zero-order chi connectivity index (χ0) is 14.8. The molecule has 0 heterocycles. The van der Waals surface area contributed by atoms with Crippen molar-refractivity contribution in [2.45, 2.75) is 24.4 Å². The van der Waals surface area contributed by atoms with Gasteiger partial charge in [0, 0.05) is 19.3 Å². The van der Waals surface area contributed by atoms with Gasteiger partial charge in [-0.05, 0) is 24.6 Å². The highest BCUT2D eigenvalue weighted by Gasteiger charge is 2.30. The molecule has 0 aromatic heterocycles. The summed E-state index contributed by atoms with van der Waals surface area (Å²) in [5.41, 5.74) is 6.59. The largest absolute Gasteiger partial charge is 0.398 e. The second-order valence-corrected chi connectivity index (χ2v) is 6.26. The minimum atomic E-state index is -4.39. The van der Waals surface area contributed by atoms with Gasteiger partial charge in [-0.25, -0.2) is 12.7 Å². The highest BCUT2D eigenvalue weighted by molar-refractivity contribution is 7.89. The summed E-state index contributed by atoms with van der Waals surface area (Å²) in [6.45, 7) is 1.08. The van der Waals surface area contributed by atoms with E-state index < -0.39 is 29.2 Å². The topological polar surface area (TPSA) is 63.4 Å². The number of alkyl halides is 3. The fourth-order valence-corrected chi connectivity index (χ4v) is 2.57. The molecule has 0 atom stereocenters. The van der Waals surface area contributed by atoms with Crippen molar-refractivity contribution in [1.82, 2.24) is 4.31 Å². The third-order valence-electron chi connectivity index (χ3n) is 2.67. The first-order valence-corrected chi connectivity index (χ1v) is 6.87. The fourth-order valence-electron chi connectivity index (χ4n) is 1.36. The van der Waals surface area contributed by atoms with Gasteiger partial charge in [0.05, 0.1) is 11.3 Å². The van der Waals surface area contributed by atoms with Crippen LogP contribution in [0.15, 0.2) is 23.1 Å². The maximum absolute atomic E-state index is 12.1. The van der Waals surface area contributed by atoms with Crippen LogP contribution in [0.2, 0.25) is 0 Å². The minimum Gasteiger partial charge on any atom is -0.398 e. The van der Waals surface area contributed by atoms with Crippen LogP contribution < -0.4 is 5.73 Å². The van der Waals surface area contributed by atoms with Gasteiger partial charge in [0.2, 0.25) is 10.0 Å². The number of rotatable bonds is 4. The van der Waals surface area contributed by atoms with Crippen molar-refractivity contribution < 1.29 is 21.6 Å². The highest BCUT2D eigenvalue weighted by Crippen LogP contribution is 2.23. The predicted molar refractivity (Wildman–Crippen MR) is 66.1 cm³/mol. The van der Waals surface area contributed by atoms with Gasteiger partial charge in [0.15, 0.2) is 0 Å². The average molecular weight is 296 g/mol. The summed E-state index contributed by atoms with van der Waals surface area (Å²) in [5.74, 6) is 0. The van der Waals surface area contributed by atoms with Crippen molar-refractivity contribution in [3.05, 3.63) is 23.8 Å². The summed E-state index contributed by atoms with van der Waals surface area (Å²) >= 11 is 0. The van der Waals surface area contributed by atoms with E-state index in [1.54, 1.807) is 6.92 Å². The molecule has 0 aliphatic rings. The first kappa shape index (κ1) is 15.8. The summed E-state index contributed by atoms with van der Waals surface area (Å²) in [6.07, 6.45) is -5.58. The monoisotopic (exact) mass is 296 g/mol. The van der Waals surface area contributed by atoms with Crippen LogP contribution in [0.3, 0.4) is 0 Å². The molecule has 1 aromatic carbocycles. The molecule has 2 N–H and O–H groups in total. The molecule has 1 aromatic rings. The molecule has 0 aliphatic carbocycles. The molecule has 0 saturated carbocycles. The Hall–Kier alpha value is -1.28. The molecule has 8 heteroatoms. The summed E-state index contributed by atoms with van der Waals surface area (Å²) in [5, 5.41) is 0. The van der Waals surface area contributed by atoms with Crippen LogP contribution in [-0.2, 0) is 10.0 Å². The maximum Gasteiger partial charge on any atom is 0.390 e. The Labute approximate surface area is 110 Å². The molecule has 4 nitrogen and oxygen atoms in total. The summed E-state index contributed by atoms with van der Waals surface area (Å²) in [7, 11) is -2.84. The first-order chi connectivity index (χ1) is 8.54. The predicted octanol–water partition coefficient (Wildman–Crippen LogP) is 2.15. The molecule has 0 unspecified atom stereocenters. The van der Waals surface area contributed by atoms with Crippen LogP contribution >= 0.6 is 0 Å². The lowest BCUT2D eigenvalue weighted by Gasteiger charge is -2.18. The van der Waals surface area contributed by atoms with Crippen molar-refractivity contribution in [3.8, 4) is 0 Å². The Morgan fingerprint density at radius 1 is 1.32 bits per heavy atom. The number of benzene rings is 1. The Morgan fingerprint density at radius 2 is 1.89 bits per heavy atom. The summed E-state index contributed by atoms with van der Waals surface area (Å²) in [6, 6.07) is 4.08. The van der Waals surface area contributed by atoms with Gasteiger partial charge >= 0.3 is 6.18 Å². The standard InChI is InChI=1S/C11H15F3N2O2S/c1-8-3-4-9(7-10(8)15)19(17,18)16(2)6-5-11(12,13)14/h3-4,7H,5-6,15H2,1-2H3. The Kier molecular flexibility index (Phi) is 4.46. The number of nitrogens with zero attached hydrogens (tertiary/aromatic N) is 1. The van der Waals surface area contributed by atoms with E-state index in [0.717, 1.165) is 7.05 Å². The van der Waals surface area contributed by atoms with Crippen LogP contribution in [0.25, 0.3) is 0 Å². The van der Waals surface area contributed by atoms with Gasteiger partial charge < -0.3 is 5.73 Å². The van der Waals surface area contributed by atoms with Crippen LogP contribution in [0.1, 0.15) is 12.0 Å². The average Bonchev–Trinajstić information content (AvgIpc) is 2.28. The lowest BCUT2D eigenvalue weighted by molar-refractivity contribution is -0.135. The Bertz CT molecular complexity index is 556. The number of sulfonamides is 1. The van der Waals surface area contributed by atoms with Crippen LogP contribution in [-0.4, -0.2) is 32.5 Å². The smallest absolute Gasteiger partial charge is 0.390 e. The second-order valence-electron chi connectivity index (χ2n) is 4.21. The lowest BCUT2D eigenvalue weighted by atomic mass is 10.2. The van der Waals surface area contributed by atoms with Crippen LogP contribution in [0.4, 0.5) is 18.9 Å². The molecule has 0 spiro atoms.